The first-order valence-corrected chi connectivity index (χ1v) is 11.7. The highest BCUT2D eigenvalue weighted by Crippen LogP contribution is 2.19. The minimum atomic E-state index is -3.39. The summed E-state index contributed by atoms with van der Waals surface area (Å²) in [4.78, 5) is 13.2. The van der Waals surface area contributed by atoms with E-state index in [1.807, 2.05) is 55.5 Å². The average Bonchev–Trinajstić information content (AvgIpc) is 2.62. The third kappa shape index (κ3) is 7.64. The zero-order valence-corrected chi connectivity index (χ0v) is 17.4. The van der Waals surface area contributed by atoms with Gasteiger partial charge in [0.15, 0.2) is 0 Å². The van der Waals surface area contributed by atoms with E-state index in [1.165, 1.54) is 15.5 Å². The lowest BCUT2D eigenvalue weighted by Gasteiger charge is -2.22. The van der Waals surface area contributed by atoms with Crippen molar-refractivity contribution in [2.24, 2.45) is 0 Å². The van der Waals surface area contributed by atoms with Crippen LogP contribution in [0.4, 0.5) is 5.69 Å². The number of nitrogens with one attached hydrogen (secondary N) is 1. The number of benzene rings is 2. The topological polar surface area (TPSA) is 66.5 Å². The number of nitrogens with zero attached hydrogens (tertiary/aromatic N) is 1. The molecule has 0 heterocycles. The molecule has 0 spiro atoms. The summed E-state index contributed by atoms with van der Waals surface area (Å²) < 4.78 is 25.5. The molecule has 0 unspecified atom stereocenters. The van der Waals surface area contributed by atoms with Crippen molar-refractivity contribution in [3.63, 3.8) is 0 Å². The first kappa shape index (κ1) is 21.3. The first-order valence-electron chi connectivity index (χ1n) is 8.85. The molecule has 0 saturated carbocycles. The smallest absolute Gasteiger partial charge is 0.232 e. The Kier molecular flexibility index (Phi) is 8.19. The second-order valence-corrected chi connectivity index (χ2v) is 9.36. The Morgan fingerprint density at radius 3 is 2.52 bits per heavy atom. The molecule has 0 bridgehead atoms. The van der Waals surface area contributed by atoms with Gasteiger partial charge < -0.3 is 5.32 Å². The summed E-state index contributed by atoms with van der Waals surface area (Å²) in [7, 11) is -3.39. The molecule has 0 aromatic heterocycles. The van der Waals surface area contributed by atoms with E-state index in [1.54, 1.807) is 17.8 Å². The van der Waals surface area contributed by atoms with Crippen LogP contribution in [-0.4, -0.2) is 39.4 Å². The Hall–Kier alpha value is -1.99. The molecule has 0 saturated heterocycles. The van der Waals surface area contributed by atoms with Crippen molar-refractivity contribution in [2.45, 2.75) is 24.7 Å². The Morgan fingerprint density at radius 2 is 1.85 bits per heavy atom. The van der Waals surface area contributed by atoms with Crippen LogP contribution in [0.2, 0.25) is 0 Å². The molecular formula is C20H26N2O3S2. The van der Waals surface area contributed by atoms with Crippen molar-refractivity contribution < 1.29 is 13.2 Å². The maximum atomic E-state index is 12.1. The van der Waals surface area contributed by atoms with Crippen LogP contribution in [0.1, 0.15) is 18.4 Å². The van der Waals surface area contributed by atoms with Gasteiger partial charge in [-0.3, -0.25) is 9.10 Å². The molecule has 146 valence electrons. The lowest BCUT2D eigenvalue weighted by molar-refractivity contribution is -0.121. The normalized spacial score (nSPS) is 11.2. The molecule has 2 aromatic carbocycles. The second-order valence-electron chi connectivity index (χ2n) is 6.29. The van der Waals surface area contributed by atoms with E-state index in [2.05, 4.69) is 5.32 Å². The number of thioether (sulfide) groups is 1. The van der Waals surface area contributed by atoms with Crippen LogP contribution >= 0.6 is 11.8 Å². The molecule has 0 aliphatic rings. The lowest BCUT2D eigenvalue weighted by atomic mass is 10.2. The van der Waals surface area contributed by atoms with Crippen LogP contribution in [-0.2, 0) is 14.8 Å². The maximum Gasteiger partial charge on any atom is 0.232 e. The fourth-order valence-corrected chi connectivity index (χ4v) is 4.36. The molecule has 2 rings (SSSR count). The zero-order valence-electron chi connectivity index (χ0n) is 15.7. The second kappa shape index (κ2) is 10.4. The first-order chi connectivity index (χ1) is 12.9. The molecular weight excluding hydrogens is 380 g/mol. The van der Waals surface area contributed by atoms with Crippen molar-refractivity contribution in [2.75, 3.05) is 29.4 Å². The highest BCUT2D eigenvalue weighted by Gasteiger charge is 2.17. The van der Waals surface area contributed by atoms with Crippen molar-refractivity contribution in [1.82, 2.24) is 5.32 Å². The van der Waals surface area contributed by atoms with E-state index >= 15 is 0 Å². The van der Waals surface area contributed by atoms with Crippen LogP contribution in [0, 0.1) is 6.92 Å². The Morgan fingerprint density at radius 1 is 1.11 bits per heavy atom. The van der Waals surface area contributed by atoms with Crippen molar-refractivity contribution in [1.29, 1.82) is 0 Å². The monoisotopic (exact) mass is 406 g/mol. The molecule has 0 atom stereocenters. The highest BCUT2D eigenvalue weighted by atomic mass is 32.2. The molecule has 5 nitrogen and oxygen atoms in total. The number of amides is 1. The van der Waals surface area contributed by atoms with Gasteiger partial charge in [0.1, 0.15) is 0 Å². The number of sulfonamides is 1. The minimum absolute atomic E-state index is 0.0543. The SMILES string of the molecule is Cc1cccc(N(CCCC(=O)NCCSc2ccccc2)S(C)(=O)=O)c1. The van der Waals surface area contributed by atoms with Gasteiger partial charge in [-0.25, -0.2) is 8.42 Å². The molecule has 0 radical (unpaired) electrons. The van der Waals surface area contributed by atoms with Crippen molar-refractivity contribution >= 4 is 33.4 Å². The standard InChI is InChI=1S/C20H26N2O3S2/c1-17-8-6-9-18(16-17)22(27(2,24)25)14-7-12-20(23)21-13-15-26-19-10-4-3-5-11-19/h3-6,8-11,16H,7,12-15H2,1-2H3,(H,21,23). The summed E-state index contributed by atoms with van der Waals surface area (Å²) in [5, 5.41) is 2.89. The van der Waals surface area contributed by atoms with Crippen LogP contribution in [0.5, 0.6) is 0 Å². The predicted octanol–water partition coefficient (Wildman–Crippen LogP) is 3.45. The number of hydrogen-bond donors (Lipinski definition) is 1. The molecule has 0 aliphatic heterocycles. The summed E-state index contributed by atoms with van der Waals surface area (Å²) in [5.41, 5.74) is 1.63. The third-order valence-corrected chi connectivity index (χ3v) is 6.10. The summed E-state index contributed by atoms with van der Waals surface area (Å²) in [6, 6.07) is 17.4. The van der Waals surface area contributed by atoms with E-state index in [9.17, 15) is 13.2 Å². The van der Waals surface area contributed by atoms with Gasteiger partial charge >= 0.3 is 0 Å². The molecule has 7 heteroatoms. The molecule has 1 N–H and O–H groups in total. The van der Waals surface area contributed by atoms with Gasteiger partial charge in [0.05, 0.1) is 11.9 Å². The van der Waals surface area contributed by atoms with E-state index in [0.29, 0.717) is 25.1 Å². The average molecular weight is 407 g/mol. The third-order valence-electron chi connectivity index (χ3n) is 3.89. The number of anilines is 1. The van der Waals surface area contributed by atoms with Crippen LogP contribution < -0.4 is 9.62 Å². The summed E-state index contributed by atoms with van der Waals surface area (Å²) in [6.45, 7) is 2.80. The number of hydrogen-bond acceptors (Lipinski definition) is 4. The van der Waals surface area contributed by atoms with Gasteiger partial charge in [-0.1, -0.05) is 30.3 Å². The van der Waals surface area contributed by atoms with Gasteiger partial charge in [-0.2, -0.15) is 0 Å². The fourth-order valence-electron chi connectivity index (χ4n) is 2.62. The quantitative estimate of drug-likeness (QED) is 0.485. The van der Waals surface area contributed by atoms with E-state index < -0.39 is 10.0 Å². The van der Waals surface area contributed by atoms with Gasteiger partial charge in [-0.05, 0) is 43.2 Å². The molecule has 2 aromatic rings. The summed E-state index contributed by atoms with van der Waals surface area (Å²) >= 11 is 1.69. The number of rotatable bonds is 10. The summed E-state index contributed by atoms with van der Waals surface area (Å²) in [6.07, 6.45) is 1.96. The van der Waals surface area contributed by atoms with Crippen molar-refractivity contribution in [3.8, 4) is 0 Å². The Labute approximate surface area is 166 Å². The lowest BCUT2D eigenvalue weighted by Crippen LogP contribution is -2.32. The van der Waals surface area contributed by atoms with Crippen molar-refractivity contribution in [3.05, 3.63) is 60.2 Å². The fraction of sp³-hybridized carbons (Fsp3) is 0.350. The van der Waals surface area contributed by atoms with E-state index in [4.69, 9.17) is 0 Å². The molecule has 27 heavy (non-hydrogen) atoms. The van der Waals surface area contributed by atoms with Gasteiger partial charge in [-0.15, -0.1) is 11.8 Å². The molecule has 1 amide bonds. The Bertz CT molecular complexity index is 839. The van der Waals surface area contributed by atoms with Gasteiger partial charge in [0.2, 0.25) is 15.9 Å². The maximum absolute atomic E-state index is 12.1. The highest BCUT2D eigenvalue weighted by molar-refractivity contribution is 7.99. The van der Waals surface area contributed by atoms with Crippen LogP contribution in [0.25, 0.3) is 0 Å². The number of carbonyl (C=O) groups is 1. The summed E-state index contributed by atoms with van der Waals surface area (Å²) in [5.74, 6) is 0.746. The Balaban J connectivity index is 1.75. The van der Waals surface area contributed by atoms with Crippen LogP contribution in [0.3, 0.4) is 0 Å². The molecule has 0 aliphatic carbocycles. The largest absolute Gasteiger partial charge is 0.355 e. The predicted molar refractivity (Wildman–Crippen MR) is 113 cm³/mol. The van der Waals surface area contributed by atoms with E-state index in [-0.39, 0.29) is 12.5 Å². The zero-order chi connectivity index (χ0) is 19.7. The van der Waals surface area contributed by atoms with Gasteiger partial charge in [0, 0.05) is 30.2 Å². The van der Waals surface area contributed by atoms with Crippen LogP contribution in [0.15, 0.2) is 59.5 Å². The molecule has 0 fully saturated rings. The number of carbonyl (C=O) groups excluding carboxylic acids is 1. The number of aryl methyl sites for hydroxylation is 1. The minimum Gasteiger partial charge on any atom is -0.355 e. The van der Waals surface area contributed by atoms with E-state index in [0.717, 1.165) is 11.3 Å². The van der Waals surface area contributed by atoms with Gasteiger partial charge in [0.25, 0.3) is 0 Å².